The number of amides is 1. The van der Waals surface area contributed by atoms with Gasteiger partial charge >= 0.3 is 0 Å². The lowest BCUT2D eigenvalue weighted by atomic mass is 9.80. The van der Waals surface area contributed by atoms with Crippen molar-refractivity contribution in [2.45, 2.75) is 53.9 Å². The fourth-order valence-corrected chi connectivity index (χ4v) is 1.90. The summed E-state index contributed by atoms with van der Waals surface area (Å²) in [6.45, 7) is 12.9. The summed E-state index contributed by atoms with van der Waals surface area (Å²) < 4.78 is 0. The maximum atomic E-state index is 12.1. The molecule has 2 heteroatoms. The predicted octanol–water partition coefficient (Wildman–Crippen LogP) is 4.82. The number of para-hydroxylation sites is 1. The minimum atomic E-state index is 0.107. The van der Waals surface area contributed by atoms with E-state index in [1.807, 2.05) is 18.2 Å². The normalized spacial score (nSPS) is 13.4. The zero-order chi connectivity index (χ0) is 14.6. The molecule has 1 atom stereocenters. The predicted molar refractivity (Wildman–Crippen MR) is 82.4 cm³/mol. The molecular formula is C17H27NO. The summed E-state index contributed by atoms with van der Waals surface area (Å²) in [7, 11) is 0. The quantitative estimate of drug-likeness (QED) is 0.827. The lowest BCUT2D eigenvalue weighted by Crippen LogP contribution is -2.24. The third kappa shape index (κ3) is 4.70. The Balaban J connectivity index is 2.73. The topological polar surface area (TPSA) is 29.1 Å². The highest BCUT2D eigenvalue weighted by Gasteiger charge is 2.22. The van der Waals surface area contributed by atoms with Gasteiger partial charge in [-0.25, -0.2) is 0 Å². The van der Waals surface area contributed by atoms with Crippen LogP contribution in [0.3, 0.4) is 0 Å². The lowest BCUT2D eigenvalue weighted by molar-refractivity contribution is -0.117. The molecule has 0 bridgehead atoms. The summed E-state index contributed by atoms with van der Waals surface area (Å²) in [5.41, 5.74) is 2.30. The number of carbonyl (C=O) groups excluding carboxylic acids is 1. The first-order valence-electron chi connectivity index (χ1n) is 7.10. The van der Waals surface area contributed by atoms with Gasteiger partial charge in [0, 0.05) is 12.1 Å². The highest BCUT2D eigenvalue weighted by Crippen LogP contribution is 2.29. The smallest absolute Gasteiger partial charge is 0.224 e. The fraction of sp³-hybridized carbons (Fsp3) is 0.588. The molecule has 1 aromatic carbocycles. The van der Waals surface area contributed by atoms with Crippen molar-refractivity contribution in [1.29, 1.82) is 0 Å². The van der Waals surface area contributed by atoms with Crippen molar-refractivity contribution in [3.8, 4) is 0 Å². The second kappa shape index (κ2) is 6.23. The van der Waals surface area contributed by atoms with Crippen molar-refractivity contribution in [3.63, 3.8) is 0 Å². The number of hydrogen-bond acceptors (Lipinski definition) is 1. The molecule has 106 valence electrons. The van der Waals surface area contributed by atoms with E-state index < -0.39 is 0 Å². The second-order valence-corrected chi connectivity index (χ2v) is 6.76. The van der Waals surface area contributed by atoms with Crippen LogP contribution in [-0.4, -0.2) is 5.91 Å². The Morgan fingerprint density at radius 1 is 1.16 bits per heavy atom. The van der Waals surface area contributed by atoms with Crippen molar-refractivity contribution in [3.05, 3.63) is 29.8 Å². The van der Waals surface area contributed by atoms with Gasteiger partial charge in [0.15, 0.2) is 0 Å². The molecule has 0 heterocycles. The van der Waals surface area contributed by atoms with Crippen molar-refractivity contribution < 1.29 is 4.79 Å². The number of hydrogen-bond donors (Lipinski definition) is 1. The van der Waals surface area contributed by atoms with Crippen LogP contribution < -0.4 is 5.32 Å². The highest BCUT2D eigenvalue weighted by atomic mass is 16.1. The standard InChI is InChI=1S/C17H27NO/c1-12(2)14-9-7-8-10-15(14)18-16(19)11-13(3)17(4,5)6/h7-10,12-13H,11H2,1-6H3,(H,18,19). The molecule has 1 rings (SSSR count). The highest BCUT2D eigenvalue weighted by molar-refractivity contribution is 5.91. The van der Waals surface area contributed by atoms with Gasteiger partial charge in [0.25, 0.3) is 0 Å². The van der Waals surface area contributed by atoms with Crippen molar-refractivity contribution in [1.82, 2.24) is 0 Å². The minimum Gasteiger partial charge on any atom is -0.326 e. The Bertz CT molecular complexity index is 429. The van der Waals surface area contributed by atoms with Crippen LogP contribution in [-0.2, 0) is 4.79 Å². The van der Waals surface area contributed by atoms with Crippen LogP contribution in [0, 0.1) is 11.3 Å². The summed E-state index contributed by atoms with van der Waals surface area (Å²) in [4.78, 5) is 12.1. The van der Waals surface area contributed by atoms with Gasteiger partial charge in [-0.05, 0) is 28.9 Å². The molecule has 2 nitrogen and oxygen atoms in total. The zero-order valence-corrected chi connectivity index (χ0v) is 13.1. The molecule has 19 heavy (non-hydrogen) atoms. The van der Waals surface area contributed by atoms with Crippen molar-refractivity contribution >= 4 is 11.6 Å². The molecule has 0 spiro atoms. The molecule has 0 aromatic heterocycles. The van der Waals surface area contributed by atoms with Crippen LogP contribution in [0.1, 0.15) is 59.4 Å². The first kappa shape index (κ1) is 15.7. The van der Waals surface area contributed by atoms with Crippen LogP contribution in [0.15, 0.2) is 24.3 Å². The number of carbonyl (C=O) groups is 1. The van der Waals surface area contributed by atoms with E-state index in [9.17, 15) is 4.79 Å². The summed E-state index contributed by atoms with van der Waals surface area (Å²) in [5.74, 6) is 0.880. The molecule has 0 aliphatic rings. The molecule has 0 fully saturated rings. The van der Waals surface area contributed by atoms with Crippen LogP contribution in [0.2, 0.25) is 0 Å². The lowest BCUT2D eigenvalue weighted by Gasteiger charge is -2.26. The van der Waals surface area contributed by atoms with E-state index in [2.05, 4.69) is 52.9 Å². The molecule has 0 radical (unpaired) electrons. The third-order valence-electron chi connectivity index (χ3n) is 3.83. The first-order valence-corrected chi connectivity index (χ1v) is 7.10. The van der Waals surface area contributed by atoms with Crippen molar-refractivity contribution in [2.24, 2.45) is 11.3 Å². The van der Waals surface area contributed by atoms with Gasteiger partial charge in [-0.3, -0.25) is 4.79 Å². The maximum Gasteiger partial charge on any atom is 0.224 e. The third-order valence-corrected chi connectivity index (χ3v) is 3.83. The van der Waals surface area contributed by atoms with Gasteiger partial charge in [-0.1, -0.05) is 59.7 Å². The van der Waals surface area contributed by atoms with E-state index >= 15 is 0 Å². The molecule has 0 saturated heterocycles. The average molecular weight is 261 g/mol. The molecule has 0 aliphatic heterocycles. The summed E-state index contributed by atoms with van der Waals surface area (Å²) in [6.07, 6.45) is 0.565. The molecule has 1 N–H and O–H groups in total. The van der Waals surface area contributed by atoms with Crippen LogP contribution in [0.4, 0.5) is 5.69 Å². The summed E-state index contributed by atoms with van der Waals surface area (Å²) in [5, 5.41) is 3.06. The SMILES string of the molecule is CC(C)c1ccccc1NC(=O)CC(C)C(C)(C)C. The number of benzene rings is 1. The van der Waals surface area contributed by atoms with Crippen molar-refractivity contribution in [2.75, 3.05) is 5.32 Å². The Labute approximate surface area is 117 Å². The summed E-state index contributed by atoms with van der Waals surface area (Å²) in [6, 6.07) is 8.04. The second-order valence-electron chi connectivity index (χ2n) is 6.76. The van der Waals surface area contributed by atoms with Crippen LogP contribution in [0.25, 0.3) is 0 Å². The van der Waals surface area contributed by atoms with Gasteiger partial charge in [0.05, 0.1) is 0 Å². The molecule has 1 unspecified atom stereocenters. The Morgan fingerprint density at radius 3 is 2.26 bits per heavy atom. The fourth-order valence-electron chi connectivity index (χ4n) is 1.90. The van der Waals surface area contributed by atoms with Crippen LogP contribution >= 0.6 is 0 Å². The number of anilines is 1. The van der Waals surface area contributed by atoms with Gasteiger partial charge in [0.2, 0.25) is 5.91 Å². The molecule has 0 saturated carbocycles. The average Bonchev–Trinajstić information content (AvgIpc) is 2.27. The van der Waals surface area contributed by atoms with Crippen LogP contribution in [0.5, 0.6) is 0 Å². The van der Waals surface area contributed by atoms with E-state index in [1.54, 1.807) is 0 Å². The molecule has 1 amide bonds. The molecule has 0 aliphatic carbocycles. The van der Waals surface area contributed by atoms with E-state index in [-0.39, 0.29) is 11.3 Å². The van der Waals surface area contributed by atoms with Gasteiger partial charge < -0.3 is 5.32 Å². The maximum absolute atomic E-state index is 12.1. The molecule has 1 aromatic rings. The Morgan fingerprint density at radius 2 is 1.74 bits per heavy atom. The first-order chi connectivity index (χ1) is 8.71. The van der Waals surface area contributed by atoms with E-state index in [0.717, 1.165) is 5.69 Å². The Hall–Kier alpha value is -1.31. The van der Waals surface area contributed by atoms with Gasteiger partial charge in [-0.15, -0.1) is 0 Å². The number of rotatable bonds is 4. The zero-order valence-electron chi connectivity index (χ0n) is 13.1. The largest absolute Gasteiger partial charge is 0.326 e. The van der Waals surface area contributed by atoms with E-state index in [4.69, 9.17) is 0 Å². The van der Waals surface area contributed by atoms with Gasteiger partial charge in [-0.2, -0.15) is 0 Å². The van der Waals surface area contributed by atoms with E-state index in [0.29, 0.717) is 18.3 Å². The van der Waals surface area contributed by atoms with Gasteiger partial charge in [0.1, 0.15) is 0 Å². The minimum absolute atomic E-state index is 0.107. The molecular weight excluding hydrogens is 234 g/mol. The Kier molecular flexibility index (Phi) is 5.16. The number of nitrogens with one attached hydrogen (secondary N) is 1. The summed E-state index contributed by atoms with van der Waals surface area (Å²) >= 11 is 0. The van der Waals surface area contributed by atoms with E-state index in [1.165, 1.54) is 5.56 Å². The monoisotopic (exact) mass is 261 g/mol.